The lowest BCUT2D eigenvalue weighted by Gasteiger charge is -2.11. The van der Waals surface area contributed by atoms with E-state index in [9.17, 15) is 4.79 Å². The smallest absolute Gasteiger partial charge is 0.319 e. The van der Waals surface area contributed by atoms with Gasteiger partial charge in [0.25, 0.3) is 0 Å². The first-order valence-corrected chi connectivity index (χ1v) is 8.59. The lowest BCUT2D eigenvalue weighted by Crippen LogP contribution is -2.17. The molecule has 0 fully saturated rings. The fourth-order valence-electron chi connectivity index (χ4n) is 2.25. The molecule has 0 amide bonds. The van der Waals surface area contributed by atoms with E-state index in [1.54, 1.807) is 23.0 Å². The summed E-state index contributed by atoms with van der Waals surface area (Å²) in [4.78, 5) is 20.4. The van der Waals surface area contributed by atoms with Crippen molar-refractivity contribution >= 4 is 40.4 Å². The number of esters is 1. The van der Waals surface area contributed by atoms with Crippen LogP contribution in [0.25, 0.3) is 16.7 Å². The highest BCUT2D eigenvalue weighted by atomic mass is 35.5. The SMILES string of the molecule is CCC(Sc1ncnc2c1cnn2-c1ccc(Cl)cc1)C(=O)OC. The number of hydrogen-bond donors (Lipinski definition) is 0. The van der Waals surface area contributed by atoms with E-state index in [-0.39, 0.29) is 11.2 Å². The van der Waals surface area contributed by atoms with Crippen molar-refractivity contribution in [1.82, 2.24) is 19.7 Å². The van der Waals surface area contributed by atoms with Gasteiger partial charge >= 0.3 is 5.97 Å². The van der Waals surface area contributed by atoms with Crippen molar-refractivity contribution in [2.45, 2.75) is 23.6 Å². The molecule has 0 bridgehead atoms. The van der Waals surface area contributed by atoms with E-state index in [1.807, 2.05) is 19.1 Å². The first kappa shape index (κ1) is 16.7. The van der Waals surface area contributed by atoms with Crippen LogP contribution in [0.15, 0.2) is 41.8 Å². The second-order valence-corrected chi connectivity index (χ2v) is 6.61. The Morgan fingerprint density at radius 1 is 1.33 bits per heavy atom. The molecule has 2 aromatic heterocycles. The summed E-state index contributed by atoms with van der Waals surface area (Å²) in [5, 5.41) is 6.24. The summed E-state index contributed by atoms with van der Waals surface area (Å²) >= 11 is 7.29. The molecule has 0 aliphatic rings. The third-order valence-electron chi connectivity index (χ3n) is 3.49. The standard InChI is InChI=1S/C16H15ClN4O2S/c1-3-13(16(22)23-2)24-15-12-8-20-21(14(12)18-9-19-15)11-6-4-10(17)5-7-11/h4-9,13H,3H2,1-2H3. The van der Waals surface area contributed by atoms with Crippen LogP contribution in [-0.2, 0) is 9.53 Å². The number of ether oxygens (including phenoxy) is 1. The molecule has 3 rings (SSSR count). The Labute approximate surface area is 148 Å². The van der Waals surface area contributed by atoms with Crippen molar-refractivity contribution in [2.75, 3.05) is 7.11 Å². The monoisotopic (exact) mass is 362 g/mol. The molecule has 0 radical (unpaired) electrons. The molecule has 1 aromatic carbocycles. The normalized spacial score (nSPS) is 12.3. The summed E-state index contributed by atoms with van der Waals surface area (Å²) in [5.41, 5.74) is 1.53. The molecule has 3 aromatic rings. The average molecular weight is 363 g/mol. The van der Waals surface area contributed by atoms with Crippen LogP contribution in [0.2, 0.25) is 5.02 Å². The van der Waals surface area contributed by atoms with E-state index < -0.39 is 0 Å². The molecule has 0 spiro atoms. The Morgan fingerprint density at radius 2 is 2.08 bits per heavy atom. The number of benzene rings is 1. The van der Waals surface area contributed by atoms with Crippen LogP contribution in [-0.4, -0.2) is 38.1 Å². The highest BCUT2D eigenvalue weighted by Gasteiger charge is 2.21. The number of nitrogens with zero attached hydrogens (tertiary/aromatic N) is 4. The van der Waals surface area contributed by atoms with Crippen LogP contribution in [0.5, 0.6) is 0 Å². The number of aromatic nitrogens is 4. The molecule has 1 unspecified atom stereocenters. The average Bonchev–Trinajstić information content (AvgIpc) is 3.04. The second-order valence-electron chi connectivity index (χ2n) is 4.99. The molecule has 0 aliphatic heterocycles. The van der Waals surface area contributed by atoms with E-state index >= 15 is 0 Å². The van der Waals surface area contributed by atoms with E-state index in [4.69, 9.17) is 16.3 Å². The zero-order valence-electron chi connectivity index (χ0n) is 13.1. The van der Waals surface area contributed by atoms with Crippen molar-refractivity contribution in [3.63, 3.8) is 0 Å². The summed E-state index contributed by atoms with van der Waals surface area (Å²) in [6.07, 6.45) is 3.83. The van der Waals surface area contributed by atoms with Crippen molar-refractivity contribution in [3.8, 4) is 5.69 Å². The van der Waals surface area contributed by atoms with Gasteiger partial charge in [-0.1, -0.05) is 30.3 Å². The first-order valence-electron chi connectivity index (χ1n) is 7.33. The van der Waals surface area contributed by atoms with Crippen molar-refractivity contribution < 1.29 is 9.53 Å². The number of hydrogen-bond acceptors (Lipinski definition) is 6. The molecule has 24 heavy (non-hydrogen) atoms. The molecular weight excluding hydrogens is 348 g/mol. The Kier molecular flexibility index (Phi) is 5.01. The number of rotatable bonds is 5. The summed E-state index contributed by atoms with van der Waals surface area (Å²) in [6, 6.07) is 7.33. The molecule has 0 aliphatic carbocycles. The van der Waals surface area contributed by atoms with Gasteiger partial charge in [0.1, 0.15) is 16.6 Å². The van der Waals surface area contributed by atoms with Gasteiger partial charge < -0.3 is 4.74 Å². The fraction of sp³-hybridized carbons (Fsp3) is 0.250. The number of fused-ring (bicyclic) bond motifs is 1. The minimum Gasteiger partial charge on any atom is -0.468 e. The van der Waals surface area contributed by atoms with Crippen molar-refractivity contribution in [2.24, 2.45) is 0 Å². The Morgan fingerprint density at radius 3 is 2.75 bits per heavy atom. The van der Waals surface area contributed by atoms with Crippen LogP contribution in [0.4, 0.5) is 0 Å². The van der Waals surface area contributed by atoms with Gasteiger partial charge in [0.15, 0.2) is 5.65 Å². The van der Waals surface area contributed by atoms with Crippen LogP contribution >= 0.6 is 23.4 Å². The van der Waals surface area contributed by atoms with Gasteiger partial charge in [0.2, 0.25) is 0 Å². The zero-order valence-corrected chi connectivity index (χ0v) is 14.7. The highest BCUT2D eigenvalue weighted by Crippen LogP contribution is 2.30. The Balaban J connectivity index is 2.00. The highest BCUT2D eigenvalue weighted by molar-refractivity contribution is 8.00. The minimum absolute atomic E-state index is 0.264. The number of carbonyl (C=O) groups is 1. The van der Waals surface area contributed by atoms with Gasteiger partial charge in [0, 0.05) is 5.02 Å². The van der Waals surface area contributed by atoms with Crippen LogP contribution in [0.1, 0.15) is 13.3 Å². The lowest BCUT2D eigenvalue weighted by molar-refractivity contribution is -0.140. The maximum Gasteiger partial charge on any atom is 0.319 e. The Hall–Kier alpha value is -2.12. The van der Waals surface area contributed by atoms with E-state index in [0.717, 1.165) is 11.1 Å². The molecular formula is C16H15ClN4O2S. The predicted octanol–water partition coefficient (Wildman–Crippen LogP) is 3.51. The lowest BCUT2D eigenvalue weighted by atomic mass is 10.3. The summed E-state index contributed by atoms with van der Waals surface area (Å²) in [7, 11) is 1.39. The number of thioether (sulfide) groups is 1. The molecule has 2 heterocycles. The topological polar surface area (TPSA) is 69.9 Å². The number of methoxy groups -OCH3 is 1. The van der Waals surface area contributed by atoms with Gasteiger partial charge in [-0.15, -0.1) is 0 Å². The third-order valence-corrected chi connectivity index (χ3v) is 5.10. The Bertz CT molecular complexity index is 866. The first-order chi connectivity index (χ1) is 11.6. The number of halogens is 1. The quantitative estimate of drug-likeness (QED) is 0.393. The fourth-order valence-corrected chi connectivity index (χ4v) is 3.39. The van der Waals surface area contributed by atoms with E-state index in [2.05, 4.69) is 15.1 Å². The molecule has 124 valence electrons. The van der Waals surface area contributed by atoms with Crippen LogP contribution in [0.3, 0.4) is 0 Å². The molecule has 0 N–H and O–H groups in total. The maximum absolute atomic E-state index is 11.8. The third kappa shape index (κ3) is 3.22. The molecule has 6 nitrogen and oxygen atoms in total. The van der Waals surface area contributed by atoms with Gasteiger partial charge in [-0.2, -0.15) is 5.10 Å². The minimum atomic E-state index is -0.313. The van der Waals surface area contributed by atoms with Crippen LogP contribution in [0, 0.1) is 0 Å². The molecule has 8 heteroatoms. The zero-order chi connectivity index (χ0) is 17.1. The predicted molar refractivity (Wildman–Crippen MR) is 93.6 cm³/mol. The summed E-state index contributed by atoms with van der Waals surface area (Å²) in [5.74, 6) is -0.264. The van der Waals surface area contributed by atoms with E-state index in [1.165, 1.54) is 25.2 Å². The van der Waals surface area contributed by atoms with Gasteiger partial charge in [0.05, 0.1) is 24.4 Å². The maximum atomic E-state index is 11.8. The molecule has 0 saturated carbocycles. The molecule has 0 saturated heterocycles. The van der Waals surface area contributed by atoms with Gasteiger partial charge in [-0.05, 0) is 30.7 Å². The number of carbonyl (C=O) groups excluding carboxylic acids is 1. The summed E-state index contributed by atoms with van der Waals surface area (Å²) < 4.78 is 6.56. The largest absolute Gasteiger partial charge is 0.468 e. The van der Waals surface area contributed by atoms with Gasteiger partial charge in [-0.25, -0.2) is 14.6 Å². The summed E-state index contributed by atoms with van der Waals surface area (Å²) in [6.45, 7) is 1.93. The van der Waals surface area contributed by atoms with Crippen molar-refractivity contribution in [1.29, 1.82) is 0 Å². The van der Waals surface area contributed by atoms with Crippen LogP contribution < -0.4 is 0 Å². The van der Waals surface area contributed by atoms with E-state index in [0.29, 0.717) is 22.1 Å². The molecule has 1 atom stereocenters. The second kappa shape index (κ2) is 7.19. The van der Waals surface area contributed by atoms with Crippen molar-refractivity contribution in [3.05, 3.63) is 41.8 Å². The van der Waals surface area contributed by atoms with Gasteiger partial charge in [-0.3, -0.25) is 4.79 Å².